The van der Waals surface area contributed by atoms with Gasteiger partial charge >= 0.3 is 0 Å². The quantitative estimate of drug-likeness (QED) is 0.747. The molecule has 1 aromatic carbocycles. The molecule has 100 valence electrons. The van der Waals surface area contributed by atoms with Gasteiger partial charge in [0.05, 0.1) is 18.2 Å². The molecule has 0 radical (unpaired) electrons. The lowest BCUT2D eigenvalue weighted by Crippen LogP contribution is -2.08. The van der Waals surface area contributed by atoms with E-state index >= 15 is 0 Å². The van der Waals surface area contributed by atoms with Gasteiger partial charge in [-0.1, -0.05) is 6.07 Å². The minimum atomic E-state index is -0.0418. The van der Waals surface area contributed by atoms with Gasteiger partial charge < -0.3 is 9.47 Å². The summed E-state index contributed by atoms with van der Waals surface area (Å²) >= 11 is 4.98. The van der Waals surface area contributed by atoms with Crippen molar-refractivity contribution in [1.82, 2.24) is 0 Å². The van der Waals surface area contributed by atoms with Crippen LogP contribution in [0.15, 0.2) is 40.2 Å². The lowest BCUT2D eigenvalue weighted by atomic mass is 10.1. The Morgan fingerprint density at radius 3 is 2.84 bits per heavy atom. The van der Waals surface area contributed by atoms with E-state index < -0.39 is 0 Å². The lowest BCUT2D eigenvalue weighted by molar-refractivity contribution is 0.0731. The van der Waals surface area contributed by atoms with Gasteiger partial charge in [0.25, 0.3) is 0 Å². The number of ketones is 1. The van der Waals surface area contributed by atoms with Crippen molar-refractivity contribution < 1.29 is 14.3 Å². The fourth-order valence-corrected chi connectivity index (χ4v) is 2.74. The van der Waals surface area contributed by atoms with E-state index in [1.807, 2.05) is 17.5 Å². The van der Waals surface area contributed by atoms with Gasteiger partial charge in [-0.15, -0.1) is 11.3 Å². The molecule has 0 saturated carbocycles. The predicted octanol–water partition coefficient (Wildman–Crippen LogP) is 3.92. The van der Waals surface area contributed by atoms with Crippen LogP contribution in [-0.2, 0) is 11.3 Å². The molecule has 3 nitrogen and oxygen atoms in total. The second-order valence-electron chi connectivity index (χ2n) is 3.84. The highest BCUT2D eigenvalue weighted by atomic mass is 79.9. The van der Waals surface area contributed by atoms with Gasteiger partial charge in [-0.3, -0.25) is 4.79 Å². The molecule has 0 spiro atoms. The summed E-state index contributed by atoms with van der Waals surface area (Å²) in [4.78, 5) is 13.1. The summed E-state index contributed by atoms with van der Waals surface area (Å²) in [6, 6.07) is 9.19. The van der Waals surface area contributed by atoms with Crippen LogP contribution >= 0.6 is 27.3 Å². The largest absolute Gasteiger partial charge is 0.496 e. The zero-order chi connectivity index (χ0) is 13.7. The van der Waals surface area contributed by atoms with Crippen LogP contribution in [-0.4, -0.2) is 19.5 Å². The molecule has 5 heteroatoms. The third-order valence-corrected chi connectivity index (χ3v) is 4.00. The van der Waals surface area contributed by atoms with E-state index in [4.69, 9.17) is 9.47 Å². The number of halogens is 1. The maximum absolute atomic E-state index is 11.9. The number of rotatable bonds is 6. The smallest absolute Gasteiger partial charge is 0.188 e. The van der Waals surface area contributed by atoms with E-state index in [1.54, 1.807) is 36.6 Å². The molecule has 2 aromatic rings. The Labute approximate surface area is 124 Å². The van der Waals surface area contributed by atoms with Gasteiger partial charge in [0.15, 0.2) is 5.78 Å². The number of methoxy groups -OCH3 is 1. The van der Waals surface area contributed by atoms with E-state index in [-0.39, 0.29) is 12.4 Å². The van der Waals surface area contributed by atoms with Crippen molar-refractivity contribution in [3.8, 4) is 5.75 Å². The van der Waals surface area contributed by atoms with Gasteiger partial charge in [0.2, 0.25) is 0 Å². The Hall–Kier alpha value is -1.17. The second kappa shape index (κ2) is 6.84. The summed E-state index contributed by atoms with van der Waals surface area (Å²) in [5, 5.41) is 1.99. The molecule has 1 heterocycles. The van der Waals surface area contributed by atoms with Crippen LogP contribution in [0.2, 0.25) is 0 Å². The molecule has 0 bridgehead atoms. The van der Waals surface area contributed by atoms with E-state index in [9.17, 15) is 4.79 Å². The minimum absolute atomic E-state index is 0.0418. The molecule has 0 atom stereocenters. The summed E-state index contributed by atoms with van der Waals surface area (Å²) in [7, 11) is 1.59. The summed E-state index contributed by atoms with van der Waals surface area (Å²) in [5.41, 5.74) is 0.610. The number of hydrogen-bond acceptors (Lipinski definition) is 4. The van der Waals surface area contributed by atoms with Gasteiger partial charge in [-0.05, 0) is 45.6 Å². The predicted molar refractivity (Wildman–Crippen MR) is 79.0 cm³/mol. The number of hydrogen-bond donors (Lipinski definition) is 0. The van der Waals surface area contributed by atoms with Crippen molar-refractivity contribution in [2.24, 2.45) is 0 Å². The molecule has 0 amide bonds. The van der Waals surface area contributed by atoms with Crippen LogP contribution in [0.4, 0.5) is 0 Å². The molecule has 2 rings (SSSR count). The van der Waals surface area contributed by atoms with Crippen LogP contribution < -0.4 is 4.74 Å². The van der Waals surface area contributed by atoms with E-state index in [2.05, 4.69) is 15.9 Å². The van der Waals surface area contributed by atoms with Gasteiger partial charge in [-0.25, -0.2) is 0 Å². The van der Waals surface area contributed by atoms with Crippen molar-refractivity contribution in [1.29, 1.82) is 0 Å². The third-order valence-electron chi connectivity index (χ3n) is 2.53. The van der Waals surface area contributed by atoms with E-state index in [1.165, 1.54) is 0 Å². The highest BCUT2D eigenvalue weighted by Gasteiger charge is 2.09. The van der Waals surface area contributed by atoms with Crippen molar-refractivity contribution >= 4 is 33.0 Å². The Balaban J connectivity index is 1.91. The number of Topliss-reactive ketones (excluding diaryl/α,β-unsaturated/α-hetero) is 1. The van der Waals surface area contributed by atoms with E-state index in [0.29, 0.717) is 17.9 Å². The average Bonchev–Trinajstić information content (AvgIpc) is 2.91. The first kappa shape index (κ1) is 14.2. The maximum atomic E-state index is 11.9. The summed E-state index contributed by atoms with van der Waals surface area (Å²) in [5.74, 6) is 0.663. The molecule has 0 aliphatic carbocycles. The molecule has 1 aromatic heterocycles. The van der Waals surface area contributed by atoms with Gasteiger partial charge in [-0.2, -0.15) is 0 Å². The molecule has 0 fully saturated rings. The lowest BCUT2D eigenvalue weighted by Gasteiger charge is -2.06. The SMILES string of the molecule is COc1ccc(C(=O)COCc2cccs2)cc1Br. The Kier molecular flexibility index (Phi) is 5.13. The number of thiophene rings is 1. The van der Waals surface area contributed by atoms with Crippen LogP contribution in [0.5, 0.6) is 5.75 Å². The zero-order valence-corrected chi connectivity index (χ0v) is 12.8. The standard InChI is InChI=1S/C14H13BrO3S/c1-17-14-5-4-10(7-12(14)15)13(16)9-18-8-11-3-2-6-19-11/h2-7H,8-9H2,1H3. The number of carbonyl (C=O) groups is 1. The Bertz CT molecular complexity index is 552. The first-order valence-electron chi connectivity index (χ1n) is 5.67. The molecule has 0 unspecified atom stereocenters. The summed E-state index contributed by atoms with van der Waals surface area (Å²) in [6.45, 7) is 0.553. The van der Waals surface area contributed by atoms with Gasteiger partial charge in [0.1, 0.15) is 12.4 Å². The average molecular weight is 341 g/mol. The molecule has 19 heavy (non-hydrogen) atoms. The molecule has 0 aliphatic rings. The second-order valence-corrected chi connectivity index (χ2v) is 5.73. The topological polar surface area (TPSA) is 35.5 Å². The number of ether oxygens (including phenoxy) is 2. The molecule has 0 saturated heterocycles. The highest BCUT2D eigenvalue weighted by Crippen LogP contribution is 2.25. The first-order valence-corrected chi connectivity index (χ1v) is 7.35. The van der Waals surface area contributed by atoms with Crippen molar-refractivity contribution in [3.63, 3.8) is 0 Å². The summed E-state index contributed by atoms with van der Waals surface area (Å²) in [6.07, 6.45) is 0. The third kappa shape index (κ3) is 3.89. The fourth-order valence-electron chi connectivity index (χ4n) is 1.56. The van der Waals surface area contributed by atoms with Crippen molar-refractivity contribution in [2.75, 3.05) is 13.7 Å². The molecular formula is C14H13BrO3S. The van der Waals surface area contributed by atoms with Crippen molar-refractivity contribution in [3.05, 3.63) is 50.6 Å². The first-order chi connectivity index (χ1) is 9.20. The minimum Gasteiger partial charge on any atom is -0.496 e. The Morgan fingerprint density at radius 2 is 2.21 bits per heavy atom. The zero-order valence-electron chi connectivity index (χ0n) is 10.4. The van der Waals surface area contributed by atoms with Crippen molar-refractivity contribution in [2.45, 2.75) is 6.61 Å². The molecular weight excluding hydrogens is 328 g/mol. The maximum Gasteiger partial charge on any atom is 0.188 e. The van der Waals surface area contributed by atoms with E-state index in [0.717, 1.165) is 9.35 Å². The normalized spacial score (nSPS) is 10.4. The summed E-state index contributed by atoms with van der Waals surface area (Å²) < 4.78 is 11.3. The highest BCUT2D eigenvalue weighted by molar-refractivity contribution is 9.10. The Morgan fingerprint density at radius 1 is 1.37 bits per heavy atom. The van der Waals surface area contributed by atoms with Crippen LogP contribution in [0, 0.1) is 0 Å². The number of benzene rings is 1. The van der Waals surface area contributed by atoms with Gasteiger partial charge in [0, 0.05) is 10.4 Å². The van der Waals surface area contributed by atoms with Crippen LogP contribution in [0.25, 0.3) is 0 Å². The number of carbonyl (C=O) groups excluding carboxylic acids is 1. The monoisotopic (exact) mass is 340 g/mol. The van der Waals surface area contributed by atoms with Crippen LogP contribution in [0.3, 0.4) is 0 Å². The molecule has 0 aliphatic heterocycles. The molecule has 0 N–H and O–H groups in total. The fraction of sp³-hybridized carbons (Fsp3) is 0.214. The van der Waals surface area contributed by atoms with Crippen LogP contribution in [0.1, 0.15) is 15.2 Å².